The SMILES string of the molecule is COc1c(F)ccc(CN(CCC(=O)NO)Cc2ccc(F)c(OC)c2F)c1F.Cc1cccc(CN(CC(=O)NO)Cc2cccc(O)c2F)c1F.O=C(CN(Cc1ccc(F)c(O)c1)Cc1ccc(F)c(O)c1)NO. The monoisotopic (exact) mass is 1090 g/mol. The van der Waals surface area contributed by atoms with E-state index in [9.17, 15) is 64.8 Å². The highest BCUT2D eigenvalue weighted by Crippen LogP contribution is 2.29. The van der Waals surface area contributed by atoms with Crippen LogP contribution in [0.2, 0.25) is 0 Å². The number of methoxy groups -OCH3 is 2. The second-order valence-electron chi connectivity index (χ2n) is 16.8. The number of carbonyl (C=O) groups is 3. The number of phenolic OH excluding ortho intramolecular Hbond substituents is 3. The number of phenols is 3. The van der Waals surface area contributed by atoms with Crippen molar-refractivity contribution in [2.75, 3.05) is 33.9 Å². The Morgan fingerprint density at radius 1 is 0.455 bits per heavy atom. The van der Waals surface area contributed by atoms with Gasteiger partial charge in [0.05, 0.1) is 27.3 Å². The topological polar surface area (TPSA) is 237 Å². The molecule has 0 saturated carbocycles. The van der Waals surface area contributed by atoms with Crippen LogP contribution in [0.3, 0.4) is 0 Å². The highest BCUT2D eigenvalue weighted by Gasteiger charge is 2.22. The molecule has 17 nitrogen and oxygen atoms in total. The van der Waals surface area contributed by atoms with Crippen LogP contribution >= 0.6 is 0 Å². The Labute approximate surface area is 435 Å². The van der Waals surface area contributed by atoms with Gasteiger partial charge in [-0.3, -0.25) is 44.7 Å². The zero-order valence-electron chi connectivity index (χ0n) is 41.4. The summed E-state index contributed by atoms with van der Waals surface area (Å²) in [5.41, 5.74) is 6.60. The Bertz CT molecular complexity index is 2810. The van der Waals surface area contributed by atoms with Crippen LogP contribution in [-0.2, 0) is 53.7 Å². The molecule has 0 aliphatic carbocycles. The van der Waals surface area contributed by atoms with E-state index in [1.165, 1.54) is 80.8 Å². The maximum atomic E-state index is 14.5. The first-order valence-corrected chi connectivity index (χ1v) is 22.8. The van der Waals surface area contributed by atoms with E-state index in [1.807, 2.05) is 0 Å². The Morgan fingerprint density at radius 3 is 1.27 bits per heavy atom. The summed E-state index contributed by atoms with van der Waals surface area (Å²) in [6.45, 7) is 1.17. The smallest absolute Gasteiger partial charge is 0.257 e. The molecule has 3 amide bonds. The maximum Gasteiger partial charge on any atom is 0.257 e. The largest absolute Gasteiger partial charge is 0.505 e. The van der Waals surface area contributed by atoms with Crippen molar-refractivity contribution in [3.8, 4) is 28.7 Å². The van der Waals surface area contributed by atoms with Gasteiger partial charge in [0.25, 0.3) is 11.8 Å². The molecular formula is C52H54F8N6O11. The zero-order valence-corrected chi connectivity index (χ0v) is 41.4. The molecule has 0 bridgehead atoms. The van der Waals surface area contributed by atoms with Crippen molar-refractivity contribution in [2.24, 2.45) is 0 Å². The van der Waals surface area contributed by atoms with Gasteiger partial charge in [0, 0.05) is 74.5 Å². The molecule has 77 heavy (non-hydrogen) atoms. The Kier molecular flexibility index (Phi) is 23.8. The van der Waals surface area contributed by atoms with Crippen LogP contribution in [-0.4, -0.2) is 97.2 Å². The van der Waals surface area contributed by atoms with Crippen LogP contribution in [0.5, 0.6) is 28.7 Å². The van der Waals surface area contributed by atoms with Crippen LogP contribution in [0.25, 0.3) is 0 Å². The molecule has 0 heterocycles. The number of benzene rings is 6. The van der Waals surface area contributed by atoms with Gasteiger partial charge in [0.15, 0.2) is 69.5 Å². The van der Waals surface area contributed by atoms with E-state index in [0.29, 0.717) is 22.3 Å². The number of aryl methyl sites for hydroxylation is 1. The number of nitrogens with one attached hydrogen (secondary N) is 3. The quantitative estimate of drug-likeness (QED) is 0.0193. The molecule has 9 N–H and O–H groups in total. The Balaban J connectivity index is 0.000000251. The van der Waals surface area contributed by atoms with Crippen molar-refractivity contribution in [2.45, 2.75) is 52.6 Å². The van der Waals surface area contributed by atoms with Gasteiger partial charge in [-0.2, -0.15) is 0 Å². The van der Waals surface area contributed by atoms with E-state index >= 15 is 0 Å². The number of amides is 3. The lowest BCUT2D eigenvalue weighted by atomic mass is 10.1. The Hall–Kier alpha value is -8.07. The molecule has 0 spiro atoms. The van der Waals surface area contributed by atoms with E-state index in [1.54, 1.807) is 30.0 Å². The molecule has 0 unspecified atom stereocenters. The van der Waals surface area contributed by atoms with Crippen LogP contribution in [0.4, 0.5) is 35.1 Å². The molecule has 6 rings (SSSR count). The molecule has 0 saturated heterocycles. The van der Waals surface area contributed by atoms with E-state index < -0.39 is 93.0 Å². The number of hydroxylamine groups is 3. The molecule has 414 valence electrons. The number of hydrogen-bond donors (Lipinski definition) is 9. The normalized spacial score (nSPS) is 10.9. The summed E-state index contributed by atoms with van der Waals surface area (Å²) in [6.07, 6.45) is -0.184. The second-order valence-corrected chi connectivity index (χ2v) is 16.8. The molecule has 6 aromatic rings. The lowest BCUT2D eigenvalue weighted by Crippen LogP contribution is -2.35. The van der Waals surface area contributed by atoms with E-state index in [0.717, 1.165) is 38.5 Å². The third-order valence-electron chi connectivity index (χ3n) is 11.2. The predicted molar refractivity (Wildman–Crippen MR) is 258 cm³/mol. The standard InChI is InChI=1S/C19H20F4N2O4.C17H18F2N2O3.C16H16F2N2O4/c1-28-18-13(20)5-3-11(16(18)22)9-25(8-7-15(26)24-27)10-12-4-6-14(21)19(29-2)17(12)23;1-11-4-2-5-12(16(11)18)8-21(10-15(23)20-24)9-13-6-3-7-14(22)17(13)19;17-12-3-1-10(5-14(12)21)7-20(9-16(23)19-24)8-11-2-4-13(18)15(22)6-11/h3-6,27H,7-10H2,1-2H3,(H,24,26);2-7,22,24H,8-10H2,1H3,(H,20,23);1-6,21-22,24H,7-9H2,(H,19,23). The second kappa shape index (κ2) is 29.9. The van der Waals surface area contributed by atoms with Gasteiger partial charge < -0.3 is 24.8 Å². The highest BCUT2D eigenvalue weighted by molar-refractivity contribution is 5.77. The van der Waals surface area contributed by atoms with Crippen molar-refractivity contribution in [3.63, 3.8) is 0 Å². The summed E-state index contributed by atoms with van der Waals surface area (Å²) in [5, 5.41) is 54.3. The summed E-state index contributed by atoms with van der Waals surface area (Å²) >= 11 is 0. The minimum Gasteiger partial charge on any atom is -0.505 e. The summed E-state index contributed by atoms with van der Waals surface area (Å²) in [7, 11) is 2.24. The molecule has 0 radical (unpaired) electrons. The molecule has 0 aliphatic rings. The average Bonchev–Trinajstić information content (AvgIpc) is 3.40. The molecule has 0 atom stereocenters. The lowest BCUT2D eigenvalue weighted by Gasteiger charge is -2.23. The van der Waals surface area contributed by atoms with Gasteiger partial charge in [-0.15, -0.1) is 0 Å². The van der Waals surface area contributed by atoms with Gasteiger partial charge in [0.2, 0.25) is 5.91 Å². The first kappa shape index (κ1) is 61.5. The maximum absolute atomic E-state index is 14.5. The van der Waals surface area contributed by atoms with Crippen molar-refractivity contribution in [1.82, 2.24) is 31.1 Å². The summed E-state index contributed by atoms with van der Waals surface area (Å²) < 4.78 is 120. The van der Waals surface area contributed by atoms with Crippen LogP contribution < -0.4 is 25.9 Å². The number of aromatic hydroxyl groups is 3. The van der Waals surface area contributed by atoms with Gasteiger partial charge in [-0.05, 0) is 66.1 Å². The number of halogens is 8. The van der Waals surface area contributed by atoms with Gasteiger partial charge in [0.1, 0.15) is 5.82 Å². The first-order chi connectivity index (χ1) is 36.6. The number of hydrogen-bond acceptors (Lipinski definition) is 14. The average molecular weight is 1090 g/mol. The van der Waals surface area contributed by atoms with Crippen molar-refractivity contribution < 1.29 is 89.9 Å². The fourth-order valence-corrected chi connectivity index (χ4v) is 7.42. The third kappa shape index (κ3) is 18.3. The summed E-state index contributed by atoms with van der Waals surface area (Å²) in [6, 6.07) is 21.0. The first-order valence-electron chi connectivity index (χ1n) is 22.8. The molecule has 25 heteroatoms. The van der Waals surface area contributed by atoms with E-state index in [-0.39, 0.29) is 82.0 Å². The van der Waals surface area contributed by atoms with E-state index in [2.05, 4.69) is 0 Å². The fraction of sp³-hybridized carbons (Fsp3) is 0.250. The van der Waals surface area contributed by atoms with Gasteiger partial charge in [-0.25, -0.2) is 51.6 Å². The molecular weight excluding hydrogens is 1040 g/mol. The molecule has 0 aromatic heterocycles. The predicted octanol–water partition coefficient (Wildman–Crippen LogP) is 7.53. The van der Waals surface area contributed by atoms with E-state index in [4.69, 9.17) is 25.1 Å². The molecule has 6 aromatic carbocycles. The van der Waals surface area contributed by atoms with Crippen molar-refractivity contribution in [1.29, 1.82) is 0 Å². The third-order valence-corrected chi connectivity index (χ3v) is 11.2. The molecule has 0 aliphatic heterocycles. The highest BCUT2D eigenvalue weighted by atomic mass is 19.2. The Morgan fingerprint density at radius 2 is 0.844 bits per heavy atom. The van der Waals surface area contributed by atoms with Crippen molar-refractivity contribution >= 4 is 17.7 Å². The summed E-state index contributed by atoms with van der Waals surface area (Å²) in [4.78, 5) is 38.8. The zero-order chi connectivity index (χ0) is 56.9. The molecule has 0 fully saturated rings. The van der Waals surface area contributed by atoms with Gasteiger partial charge in [-0.1, -0.05) is 54.6 Å². The fourth-order valence-electron chi connectivity index (χ4n) is 7.42. The number of ether oxygens (including phenoxy) is 2. The number of rotatable bonds is 21. The summed E-state index contributed by atoms with van der Waals surface area (Å²) in [5.74, 6) is -11.1. The number of nitrogens with zero attached hydrogens (tertiary/aromatic N) is 3. The van der Waals surface area contributed by atoms with Crippen LogP contribution in [0.1, 0.15) is 45.4 Å². The minimum absolute atomic E-state index is 0.00927. The van der Waals surface area contributed by atoms with Crippen LogP contribution in [0, 0.1) is 53.5 Å². The van der Waals surface area contributed by atoms with Crippen molar-refractivity contribution in [3.05, 3.63) is 183 Å². The number of carbonyl (C=O) groups excluding carboxylic acids is 3. The minimum atomic E-state index is -0.929. The van der Waals surface area contributed by atoms with Crippen LogP contribution in [0.15, 0.2) is 97.1 Å². The lowest BCUT2D eigenvalue weighted by molar-refractivity contribution is -0.131. The van der Waals surface area contributed by atoms with Gasteiger partial charge >= 0.3 is 0 Å².